The van der Waals surface area contributed by atoms with Crippen LogP contribution in [0.3, 0.4) is 0 Å². The second-order valence-corrected chi connectivity index (χ2v) is 10.4. The second kappa shape index (κ2) is 10.5. The summed E-state index contributed by atoms with van der Waals surface area (Å²) in [5.74, 6) is -1.58. The first-order valence-corrected chi connectivity index (χ1v) is 12.9. The number of hydrogen-bond donors (Lipinski definition) is 1. The summed E-state index contributed by atoms with van der Waals surface area (Å²) in [5, 5.41) is 10.2. The summed E-state index contributed by atoms with van der Waals surface area (Å²) in [6.07, 6.45) is -1.00. The molecule has 2 saturated heterocycles. The fourth-order valence-electron chi connectivity index (χ4n) is 4.82. The van der Waals surface area contributed by atoms with Crippen LogP contribution in [0.4, 0.5) is 20.2 Å². The third-order valence-corrected chi connectivity index (χ3v) is 7.62. The molecule has 3 aromatic carbocycles. The van der Waals surface area contributed by atoms with Gasteiger partial charge in [0.25, 0.3) is 11.8 Å². The molecular weight excluding hydrogens is 535 g/mol. The van der Waals surface area contributed by atoms with Crippen molar-refractivity contribution in [3.05, 3.63) is 81.6 Å². The van der Waals surface area contributed by atoms with Crippen molar-refractivity contribution in [1.29, 1.82) is 0 Å². The van der Waals surface area contributed by atoms with Crippen LogP contribution >= 0.6 is 23.2 Å². The molecule has 6 nitrogen and oxygen atoms in total. The molecule has 1 N–H and O–H groups in total. The molecule has 2 aliphatic heterocycles. The molecule has 1 unspecified atom stereocenters. The number of carbonyl (C=O) groups is 2. The summed E-state index contributed by atoms with van der Waals surface area (Å²) in [7, 11) is 1.51. The molecule has 2 heterocycles. The molecule has 2 fully saturated rings. The minimum absolute atomic E-state index is 0.00780. The topological polar surface area (TPSA) is 64.1 Å². The number of carbonyl (C=O) groups excluding carboxylic acids is 2. The van der Waals surface area contributed by atoms with Gasteiger partial charge in [-0.1, -0.05) is 35.3 Å². The Labute approximate surface area is 229 Å². The molecule has 0 spiro atoms. The first-order chi connectivity index (χ1) is 18.1. The van der Waals surface area contributed by atoms with Crippen molar-refractivity contribution in [2.24, 2.45) is 0 Å². The summed E-state index contributed by atoms with van der Waals surface area (Å²) in [5.41, 5.74) is 2.44. The number of aliphatic hydroxyl groups is 1. The zero-order chi connectivity index (χ0) is 27.1. The van der Waals surface area contributed by atoms with Gasteiger partial charge >= 0.3 is 0 Å². The molecule has 0 aliphatic carbocycles. The number of anilines is 2. The van der Waals surface area contributed by atoms with E-state index in [4.69, 9.17) is 23.2 Å². The van der Waals surface area contributed by atoms with Crippen LogP contribution in [0, 0.1) is 5.82 Å². The Morgan fingerprint density at radius 1 is 1.03 bits per heavy atom. The molecule has 2 aliphatic rings. The molecule has 38 heavy (non-hydrogen) atoms. The normalized spacial score (nSPS) is 17.5. The molecule has 10 heteroatoms. The third kappa shape index (κ3) is 4.96. The minimum atomic E-state index is -1.01. The second-order valence-electron chi connectivity index (χ2n) is 9.55. The summed E-state index contributed by atoms with van der Waals surface area (Å²) in [6, 6.07) is 14.2. The summed E-state index contributed by atoms with van der Waals surface area (Å²) < 4.78 is 28.3. The zero-order valence-corrected chi connectivity index (χ0v) is 22.0. The number of hydrogen-bond acceptors (Lipinski definition) is 4. The molecule has 3 aromatic rings. The van der Waals surface area contributed by atoms with E-state index in [-0.39, 0.29) is 36.1 Å². The van der Waals surface area contributed by atoms with Crippen LogP contribution in [0.2, 0.25) is 10.0 Å². The fraction of sp³-hybridized carbons (Fsp3) is 0.286. The Bertz CT molecular complexity index is 1390. The first kappa shape index (κ1) is 26.4. The lowest BCUT2D eigenvalue weighted by atomic mass is 9.99. The molecule has 0 aromatic heterocycles. The minimum Gasteiger partial charge on any atom is -0.391 e. The van der Waals surface area contributed by atoms with Gasteiger partial charge in [-0.15, -0.1) is 0 Å². The Hall–Kier alpha value is -3.20. The fourth-order valence-corrected chi connectivity index (χ4v) is 5.29. The quantitative estimate of drug-likeness (QED) is 0.452. The van der Waals surface area contributed by atoms with Gasteiger partial charge in [-0.05, 0) is 54.4 Å². The number of aliphatic hydroxyl groups excluding tert-OH is 1. The first-order valence-electron chi connectivity index (χ1n) is 12.2. The highest BCUT2D eigenvalue weighted by molar-refractivity contribution is 6.35. The third-order valence-electron chi connectivity index (χ3n) is 6.97. The molecule has 0 radical (unpaired) electrons. The lowest BCUT2D eigenvalue weighted by Gasteiger charge is -2.39. The molecule has 1 atom stereocenters. The molecule has 198 valence electrons. The lowest BCUT2D eigenvalue weighted by Crippen LogP contribution is -2.49. The van der Waals surface area contributed by atoms with Crippen LogP contribution in [0.1, 0.15) is 27.1 Å². The molecular formula is C28H25Cl2F2N3O3. The molecule has 2 amide bonds. The van der Waals surface area contributed by atoms with Gasteiger partial charge in [-0.3, -0.25) is 9.59 Å². The number of benzene rings is 3. The van der Waals surface area contributed by atoms with E-state index in [9.17, 15) is 23.5 Å². The predicted molar refractivity (Wildman–Crippen MR) is 145 cm³/mol. The molecule has 0 saturated carbocycles. The Balaban J connectivity index is 1.52. The van der Waals surface area contributed by atoms with E-state index in [1.807, 2.05) is 0 Å². The highest BCUT2D eigenvalue weighted by Crippen LogP contribution is 2.39. The largest absolute Gasteiger partial charge is 0.391 e. The van der Waals surface area contributed by atoms with Crippen LogP contribution in [0.25, 0.3) is 11.1 Å². The van der Waals surface area contributed by atoms with Crippen molar-refractivity contribution in [3.8, 4) is 11.1 Å². The van der Waals surface area contributed by atoms with Gasteiger partial charge in [0.05, 0.1) is 41.2 Å². The van der Waals surface area contributed by atoms with Crippen LogP contribution in [0.15, 0.2) is 54.6 Å². The Morgan fingerprint density at radius 3 is 2.45 bits per heavy atom. The number of halogens is 4. The van der Waals surface area contributed by atoms with E-state index in [1.165, 1.54) is 30.1 Å². The predicted octanol–water partition coefficient (Wildman–Crippen LogP) is 5.44. The van der Waals surface area contributed by atoms with Gasteiger partial charge in [0.15, 0.2) is 0 Å². The van der Waals surface area contributed by atoms with Crippen molar-refractivity contribution in [3.63, 3.8) is 0 Å². The van der Waals surface area contributed by atoms with Gasteiger partial charge in [0.2, 0.25) is 0 Å². The number of β-amino-alcohol motifs (C(OH)–C–C–N with tert-alkyl or cyclic N) is 1. The van der Waals surface area contributed by atoms with Gasteiger partial charge in [0.1, 0.15) is 12.0 Å². The van der Waals surface area contributed by atoms with Gasteiger partial charge in [0, 0.05) is 36.3 Å². The Morgan fingerprint density at radius 2 is 1.79 bits per heavy atom. The zero-order valence-electron chi connectivity index (χ0n) is 20.5. The van der Waals surface area contributed by atoms with E-state index in [0.29, 0.717) is 46.1 Å². The summed E-state index contributed by atoms with van der Waals surface area (Å²) in [4.78, 5) is 30.9. The number of nitrogens with zero attached hydrogens (tertiary/aromatic N) is 3. The van der Waals surface area contributed by atoms with Crippen molar-refractivity contribution in [2.45, 2.75) is 18.7 Å². The van der Waals surface area contributed by atoms with Crippen molar-refractivity contribution in [2.75, 3.05) is 43.0 Å². The van der Waals surface area contributed by atoms with E-state index < -0.39 is 24.0 Å². The smallest absolute Gasteiger partial charge is 0.262 e. The number of rotatable bonds is 5. The van der Waals surface area contributed by atoms with Gasteiger partial charge in [-0.25, -0.2) is 8.78 Å². The Kier molecular flexibility index (Phi) is 7.31. The van der Waals surface area contributed by atoms with Crippen LogP contribution < -0.4 is 9.80 Å². The highest BCUT2D eigenvalue weighted by Gasteiger charge is 2.31. The summed E-state index contributed by atoms with van der Waals surface area (Å²) in [6.45, 7) is 1.04. The lowest BCUT2D eigenvalue weighted by molar-refractivity contribution is 0.0765. The maximum atomic E-state index is 14.5. The van der Waals surface area contributed by atoms with Gasteiger partial charge in [-0.2, -0.15) is 0 Å². The van der Waals surface area contributed by atoms with E-state index in [0.717, 1.165) is 0 Å². The maximum absolute atomic E-state index is 14.5. The standard InChI is InChI=1S/C28H25Cl2F2N3O3/c1-33(28(38)26-22(30)3-2-4-23(26)32)24-8-6-16(12-25(24)35-13-18(31)14-35)20-11-17(5-7-21(20)29)27(37)34-10-9-19(36)15-34/h2-8,11-12,18-19,36H,9-10,13-15H2,1H3. The van der Waals surface area contributed by atoms with Crippen molar-refractivity contribution in [1.82, 2.24) is 4.90 Å². The molecule has 5 rings (SSSR count). The monoisotopic (exact) mass is 559 g/mol. The van der Waals surface area contributed by atoms with Crippen LogP contribution in [-0.4, -0.2) is 67.3 Å². The van der Waals surface area contributed by atoms with Gasteiger partial charge < -0.3 is 19.8 Å². The van der Waals surface area contributed by atoms with E-state index in [2.05, 4.69) is 0 Å². The maximum Gasteiger partial charge on any atom is 0.262 e. The average molecular weight is 560 g/mol. The molecule has 0 bridgehead atoms. The van der Waals surface area contributed by atoms with Crippen LogP contribution in [0.5, 0.6) is 0 Å². The van der Waals surface area contributed by atoms with Crippen molar-refractivity contribution < 1.29 is 23.5 Å². The summed E-state index contributed by atoms with van der Waals surface area (Å²) >= 11 is 12.7. The van der Waals surface area contributed by atoms with E-state index >= 15 is 0 Å². The number of amides is 2. The number of alkyl halides is 1. The number of likely N-dealkylation sites (tertiary alicyclic amines) is 1. The SMILES string of the molecule is CN(C(=O)c1c(F)cccc1Cl)c1ccc(-c2cc(C(=O)N3CCC(O)C3)ccc2Cl)cc1N1CC(F)C1. The average Bonchev–Trinajstić information content (AvgIpc) is 3.32. The van der Waals surface area contributed by atoms with Crippen molar-refractivity contribution >= 4 is 46.4 Å². The van der Waals surface area contributed by atoms with Crippen LogP contribution in [-0.2, 0) is 0 Å². The van der Waals surface area contributed by atoms with E-state index in [1.54, 1.807) is 46.2 Å². The highest BCUT2D eigenvalue weighted by atomic mass is 35.5.